The zero-order chi connectivity index (χ0) is 25.1. The Balaban J connectivity index is 1.36. The van der Waals surface area contributed by atoms with Crippen molar-refractivity contribution in [3.63, 3.8) is 0 Å². The number of furan rings is 1. The minimum Gasteiger partial charge on any atom is -0.463 e. The Morgan fingerprint density at radius 2 is 1.75 bits per heavy atom. The molecule has 1 N–H and O–H groups in total. The average molecular weight is 495 g/mol. The highest BCUT2D eigenvalue weighted by atomic mass is 16.3. The van der Waals surface area contributed by atoms with Crippen LogP contribution in [0.3, 0.4) is 0 Å². The summed E-state index contributed by atoms with van der Waals surface area (Å²) in [7, 11) is 2.21. The molecule has 7 nitrogen and oxygen atoms in total. The molecule has 196 valence electrons. The second-order valence-electron chi connectivity index (χ2n) is 11.3. The standard InChI is InChI=1S/C29H42N4O3/c1-29(28(35)30-22-11-5-3-6-12-22)21-32-24(26-15-9-20-36-26)16-17-25(32)27(34)33(29)19-10-18-31(2)23-13-7-4-8-14-23/h9,15-17,20,22-23H,3-8,10-14,18-19,21H2,1-2H3,(H,30,35)/t29-/m0/s1. The fourth-order valence-electron chi connectivity index (χ4n) is 6.53. The molecule has 2 saturated carbocycles. The van der Waals surface area contributed by atoms with Crippen LogP contribution in [-0.2, 0) is 11.3 Å². The van der Waals surface area contributed by atoms with Crippen LogP contribution in [0.4, 0.5) is 0 Å². The minimum absolute atomic E-state index is 0.0341. The summed E-state index contributed by atoms with van der Waals surface area (Å²) in [5.41, 5.74) is 0.521. The number of aromatic nitrogens is 1. The normalized spacial score (nSPS) is 23.8. The van der Waals surface area contributed by atoms with E-state index in [2.05, 4.69) is 17.3 Å². The van der Waals surface area contributed by atoms with E-state index in [1.54, 1.807) is 6.26 Å². The molecule has 0 bridgehead atoms. The lowest BCUT2D eigenvalue weighted by Crippen LogP contribution is -2.65. The summed E-state index contributed by atoms with van der Waals surface area (Å²) in [6.45, 7) is 3.88. The van der Waals surface area contributed by atoms with E-state index in [0.29, 0.717) is 30.6 Å². The molecule has 36 heavy (non-hydrogen) atoms. The molecule has 2 amide bonds. The molecular formula is C29H42N4O3. The molecule has 3 heterocycles. The lowest BCUT2D eigenvalue weighted by Gasteiger charge is -2.45. The highest BCUT2D eigenvalue weighted by Gasteiger charge is 2.48. The zero-order valence-electron chi connectivity index (χ0n) is 22.0. The number of nitrogens with zero attached hydrogens (tertiary/aromatic N) is 3. The van der Waals surface area contributed by atoms with Crippen LogP contribution in [-0.4, -0.2) is 63.9 Å². The van der Waals surface area contributed by atoms with E-state index >= 15 is 0 Å². The lowest BCUT2D eigenvalue weighted by atomic mass is 9.91. The topological polar surface area (TPSA) is 70.7 Å². The summed E-state index contributed by atoms with van der Waals surface area (Å²) < 4.78 is 7.63. The molecule has 0 saturated heterocycles. The maximum absolute atomic E-state index is 13.9. The number of hydrogen-bond acceptors (Lipinski definition) is 4. The first-order chi connectivity index (χ1) is 17.5. The predicted octanol–water partition coefficient (Wildman–Crippen LogP) is 5.07. The van der Waals surface area contributed by atoms with Gasteiger partial charge >= 0.3 is 0 Å². The maximum Gasteiger partial charge on any atom is 0.271 e. The second kappa shape index (κ2) is 10.8. The van der Waals surface area contributed by atoms with Crippen molar-refractivity contribution in [3.8, 4) is 11.5 Å². The number of hydrogen-bond donors (Lipinski definition) is 1. The van der Waals surface area contributed by atoms with Gasteiger partial charge in [-0.05, 0) is 76.9 Å². The highest BCUT2D eigenvalue weighted by molar-refractivity contribution is 6.00. The van der Waals surface area contributed by atoms with Gasteiger partial charge in [0.15, 0.2) is 0 Å². The van der Waals surface area contributed by atoms with Crippen LogP contribution in [0.2, 0.25) is 0 Å². The molecule has 2 aromatic rings. The van der Waals surface area contributed by atoms with Crippen LogP contribution >= 0.6 is 0 Å². The summed E-state index contributed by atoms with van der Waals surface area (Å²) in [6, 6.07) is 8.41. The van der Waals surface area contributed by atoms with E-state index in [1.165, 1.54) is 38.5 Å². The third-order valence-corrected chi connectivity index (χ3v) is 8.80. The van der Waals surface area contributed by atoms with Crippen LogP contribution in [0, 0.1) is 0 Å². The number of fused-ring (bicyclic) bond motifs is 1. The lowest BCUT2D eigenvalue weighted by molar-refractivity contribution is -0.133. The highest BCUT2D eigenvalue weighted by Crippen LogP contribution is 2.34. The van der Waals surface area contributed by atoms with Crippen molar-refractivity contribution < 1.29 is 14.0 Å². The molecule has 7 heteroatoms. The minimum atomic E-state index is -0.953. The first-order valence-corrected chi connectivity index (χ1v) is 14.0. The zero-order valence-corrected chi connectivity index (χ0v) is 22.0. The largest absolute Gasteiger partial charge is 0.463 e. The summed E-state index contributed by atoms with van der Waals surface area (Å²) >= 11 is 0. The van der Waals surface area contributed by atoms with Crippen molar-refractivity contribution in [1.82, 2.24) is 19.7 Å². The van der Waals surface area contributed by atoms with Gasteiger partial charge < -0.3 is 24.1 Å². The first-order valence-electron chi connectivity index (χ1n) is 14.0. The van der Waals surface area contributed by atoms with Gasteiger partial charge in [-0.3, -0.25) is 9.59 Å². The summed E-state index contributed by atoms with van der Waals surface area (Å²) in [6.07, 6.45) is 14.6. The van der Waals surface area contributed by atoms with Gasteiger partial charge in [0.25, 0.3) is 5.91 Å². The van der Waals surface area contributed by atoms with Crippen LogP contribution < -0.4 is 5.32 Å². The van der Waals surface area contributed by atoms with E-state index in [-0.39, 0.29) is 17.9 Å². The van der Waals surface area contributed by atoms with E-state index in [9.17, 15) is 9.59 Å². The average Bonchev–Trinajstić information content (AvgIpc) is 3.57. The summed E-state index contributed by atoms with van der Waals surface area (Å²) in [4.78, 5) is 32.0. The Kier molecular flexibility index (Phi) is 7.56. The third kappa shape index (κ3) is 4.99. The Morgan fingerprint density at radius 1 is 1.06 bits per heavy atom. The van der Waals surface area contributed by atoms with Gasteiger partial charge in [-0.25, -0.2) is 0 Å². The number of rotatable bonds is 8. The van der Waals surface area contributed by atoms with Crippen LogP contribution in [0.25, 0.3) is 11.5 Å². The van der Waals surface area contributed by atoms with Crippen molar-refractivity contribution in [3.05, 3.63) is 36.2 Å². The molecule has 2 fully saturated rings. The molecule has 3 aliphatic rings. The Morgan fingerprint density at radius 3 is 2.44 bits per heavy atom. The molecule has 0 spiro atoms. The molecule has 0 radical (unpaired) electrons. The number of carbonyl (C=O) groups excluding carboxylic acids is 2. The fourth-order valence-corrected chi connectivity index (χ4v) is 6.53. The molecule has 2 aromatic heterocycles. The molecular weight excluding hydrogens is 452 g/mol. The molecule has 5 rings (SSSR count). The molecule has 1 atom stereocenters. The smallest absolute Gasteiger partial charge is 0.271 e. The summed E-state index contributed by atoms with van der Waals surface area (Å²) in [5.74, 6) is 0.612. The van der Waals surface area contributed by atoms with Gasteiger partial charge in [-0.15, -0.1) is 0 Å². The van der Waals surface area contributed by atoms with Gasteiger partial charge in [0.1, 0.15) is 17.0 Å². The van der Waals surface area contributed by atoms with Gasteiger partial charge in [-0.2, -0.15) is 0 Å². The van der Waals surface area contributed by atoms with Crippen LogP contribution in [0.15, 0.2) is 34.9 Å². The quantitative estimate of drug-likeness (QED) is 0.556. The summed E-state index contributed by atoms with van der Waals surface area (Å²) in [5, 5.41) is 3.33. The monoisotopic (exact) mass is 494 g/mol. The Labute approximate surface area is 215 Å². The maximum atomic E-state index is 13.9. The molecule has 0 unspecified atom stereocenters. The fraction of sp³-hybridized carbons (Fsp3) is 0.655. The molecule has 1 aliphatic heterocycles. The second-order valence-corrected chi connectivity index (χ2v) is 11.3. The first kappa shape index (κ1) is 25.1. The Bertz CT molecular complexity index is 1030. The van der Waals surface area contributed by atoms with E-state index in [1.807, 2.05) is 40.7 Å². The van der Waals surface area contributed by atoms with Gasteiger partial charge in [0, 0.05) is 18.6 Å². The van der Waals surface area contributed by atoms with Gasteiger partial charge in [-0.1, -0.05) is 38.5 Å². The van der Waals surface area contributed by atoms with Crippen molar-refractivity contribution in [2.75, 3.05) is 20.1 Å². The van der Waals surface area contributed by atoms with Crippen molar-refractivity contribution in [2.45, 2.75) is 102 Å². The number of nitrogens with one attached hydrogen (secondary N) is 1. The van der Waals surface area contributed by atoms with Crippen molar-refractivity contribution >= 4 is 11.8 Å². The van der Waals surface area contributed by atoms with E-state index in [4.69, 9.17) is 4.42 Å². The van der Waals surface area contributed by atoms with Crippen LogP contribution in [0.1, 0.15) is 88.0 Å². The third-order valence-electron chi connectivity index (χ3n) is 8.80. The van der Waals surface area contributed by atoms with Crippen molar-refractivity contribution in [1.29, 1.82) is 0 Å². The predicted molar refractivity (Wildman–Crippen MR) is 141 cm³/mol. The number of carbonyl (C=O) groups is 2. The Hall–Kier alpha value is -2.54. The van der Waals surface area contributed by atoms with Gasteiger partial charge in [0.2, 0.25) is 5.91 Å². The van der Waals surface area contributed by atoms with Crippen LogP contribution in [0.5, 0.6) is 0 Å². The van der Waals surface area contributed by atoms with E-state index < -0.39 is 5.54 Å². The molecule has 2 aliphatic carbocycles. The molecule has 0 aromatic carbocycles. The van der Waals surface area contributed by atoms with Crippen molar-refractivity contribution in [2.24, 2.45) is 0 Å². The number of amides is 2. The van der Waals surface area contributed by atoms with E-state index in [0.717, 1.165) is 44.3 Å². The SMILES string of the molecule is CN(CCCN1C(=O)c2ccc(-c3ccco3)n2C[C@@]1(C)C(=O)NC1CCCCC1)C1CCCCC1. The van der Waals surface area contributed by atoms with Gasteiger partial charge in [0.05, 0.1) is 18.5 Å².